The third kappa shape index (κ3) is 6.88. The van der Waals surface area contributed by atoms with Crippen molar-refractivity contribution in [3.8, 4) is 33.9 Å². The Morgan fingerprint density at radius 2 is 1.00 bits per heavy atom. The van der Waals surface area contributed by atoms with E-state index in [1.165, 1.54) is 49.8 Å². The van der Waals surface area contributed by atoms with Crippen LogP contribution in [-0.2, 0) is 0 Å². The summed E-state index contributed by atoms with van der Waals surface area (Å²) in [7, 11) is 0. The van der Waals surface area contributed by atoms with Gasteiger partial charge in [0.15, 0.2) is 0 Å². The Morgan fingerprint density at radius 1 is 0.481 bits per heavy atom. The highest BCUT2D eigenvalue weighted by atomic mass is 15.0. The highest BCUT2D eigenvalue weighted by molar-refractivity contribution is 6.02. The second kappa shape index (κ2) is 15.1. The van der Waals surface area contributed by atoms with Gasteiger partial charge in [0.2, 0.25) is 0 Å². The van der Waals surface area contributed by atoms with E-state index in [1.807, 2.05) is 24.3 Å². The molecule has 1 aliphatic rings. The van der Waals surface area contributed by atoms with Crippen molar-refractivity contribution in [3.63, 3.8) is 0 Å². The second-order valence-electron chi connectivity index (χ2n) is 13.0. The standard InChI is InChI=1S/C50H40N2/c1-2-3-4-5-6-10-19-39-26-30-45(31-27-39)51-47(41-20-13-8-14-21-41)34-43-37-50-44(36-49(43)51)35-48(42-22-15-9-16-23-42)52(50)46-32-28-40(29-33-46)25-24-38-17-11-7-12-18-38/h2-6,8-11,13-37H,1,7,12H2. The molecule has 2 nitrogen and oxygen atoms in total. The van der Waals surface area contributed by atoms with E-state index in [4.69, 9.17) is 0 Å². The van der Waals surface area contributed by atoms with Crippen molar-refractivity contribution in [1.82, 2.24) is 9.13 Å². The number of nitrogens with zero attached hydrogens (tertiary/aromatic N) is 2. The maximum Gasteiger partial charge on any atom is 0.0542 e. The van der Waals surface area contributed by atoms with Crippen molar-refractivity contribution in [1.29, 1.82) is 0 Å². The molecule has 0 fully saturated rings. The fraction of sp³-hybridized carbons (Fsp3) is 0.0400. The van der Waals surface area contributed by atoms with Crippen LogP contribution in [0.1, 0.15) is 24.0 Å². The monoisotopic (exact) mass is 668 g/mol. The van der Waals surface area contributed by atoms with Crippen LogP contribution in [0.25, 0.3) is 67.8 Å². The van der Waals surface area contributed by atoms with Crippen molar-refractivity contribution < 1.29 is 0 Å². The van der Waals surface area contributed by atoms with Gasteiger partial charge in [0.25, 0.3) is 0 Å². The Kier molecular flexibility index (Phi) is 9.44. The van der Waals surface area contributed by atoms with Gasteiger partial charge in [-0.2, -0.15) is 0 Å². The molecular formula is C50H40N2. The van der Waals surface area contributed by atoms with Gasteiger partial charge in [-0.3, -0.25) is 0 Å². The van der Waals surface area contributed by atoms with Gasteiger partial charge in [0.05, 0.1) is 22.4 Å². The Balaban J connectivity index is 1.24. The maximum atomic E-state index is 3.72. The summed E-state index contributed by atoms with van der Waals surface area (Å²) in [4.78, 5) is 0. The van der Waals surface area contributed by atoms with Crippen molar-refractivity contribution in [3.05, 3.63) is 217 Å². The first kappa shape index (κ1) is 32.6. The summed E-state index contributed by atoms with van der Waals surface area (Å²) < 4.78 is 4.81. The third-order valence-electron chi connectivity index (χ3n) is 9.53. The molecule has 8 rings (SSSR count). The Bertz CT molecular complexity index is 2530. The van der Waals surface area contributed by atoms with Crippen LogP contribution in [0.3, 0.4) is 0 Å². The molecule has 2 heteroatoms. The molecule has 5 aromatic carbocycles. The van der Waals surface area contributed by atoms with Crippen LogP contribution in [0.2, 0.25) is 0 Å². The Labute approximate surface area is 306 Å². The predicted molar refractivity (Wildman–Crippen MR) is 224 cm³/mol. The molecule has 2 aromatic heterocycles. The van der Waals surface area contributed by atoms with Crippen LogP contribution in [0, 0.1) is 0 Å². The molecule has 7 aromatic rings. The average Bonchev–Trinajstić information content (AvgIpc) is 3.77. The van der Waals surface area contributed by atoms with Gasteiger partial charge >= 0.3 is 0 Å². The third-order valence-corrected chi connectivity index (χ3v) is 9.53. The number of hydrogen-bond acceptors (Lipinski definition) is 0. The normalized spacial score (nSPS) is 13.4. The van der Waals surface area contributed by atoms with Gasteiger partial charge in [-0.15, -0.1) is 0 Å². The number of rotatable bonds is 10. The van der Waals surface area contributed by atoms with E-state index >= 15 is 0 Å². The maximum absolute atomic E-state index is 3.72. The summed E-state index contributed by atoms with van der Waals surface area (Å²) in [6, 6.07) is 48.5. The van der Waals surface area contributed by atoms with Crippen molar-refractivity contribution in [2.24, 2.45) is 0 Å². The minimum Gasteiger partial charge on any atom is -0.309 e. The summed E-state index contributed by atoms with van der Waals surface area (Å²) in [6.07, 6.45) is 27.3. The highest BCUT2D eigenvalue weighted by Crippen LogP contribution is 2.38. The SMILES string of the molecule is C=CC=CC=CC=Cc1ccc(-n2c(-c3ccccc3)cc3cc4c(cc(-c5ccccc5)n4-c4ccc(C=CC5=CCCC=C5)cc4)cc32)cc1. The Morgan fingerprint density at radius 3 is 1.52 bits per heavy atom. The number of aromatic nitrogens is 2. The molecule has 0 unspecified atom stereocenters. The van der Waals surface area contributed by atoms with E-state index in [-0.39, 0.29) is 0 Å². The zero-order valence-corrected chi connectivity index (χ0v) is 29.1. The average molecular weight is 669 g/mol. The van der Waals surface area contributed by atoms with Gasteiger partial charge in [0, 0.05) is 22.1 Å². The fourth-order valence-electron chi connectivity index (χ4n) is 6.97. The zero-order valence-electron chi connectivity index (χ0n) is 29.1. The largest absolute Gasteiger partial charge is 0.309 e. The lowest BCUT2D eigenvalue weighted by atomic mass is 10.1. The molecule has 0 bridgehead atoms. The Hall–Kier alpha value is -6.64. The van der Waals surface area contributed by atoms with Crippen LogP contribution >= 0.6 is 0 Å². The van der Waals surface area contributed by atoms with E-state index < -0.39 is 0 Å². The van der Waals surface area contributed by atoms with Gasteiger partial charge in [-0.05, 0) is 89.2 Å². The molecule has 1 aliphatic carbocycles. The first-order chi connectivity index (χ1) is 25.7. The lowest BCUT2D eigenvalue weighted by molar-refractivity contribution is 1.03. The lowest BCUT2D eigenvalue weighted by Crippen LogP contribution is -1.98. The summed E-state index contributed by atoms with van der Waals surface area (Å²) in [5, 5.41) is 2.39. The molecule has 0 aliphatic heterocycles. The van der Waals surface area contributed by atoms with Crippen LogP contribution in [0.5, 0.6) is 0 Å². The molecule has 250 valence electrons. The van der Waals surface area contributed by atoms with Gasteiger partial charge in [-0.1, -0.05) is 164 Å². The summed E-state index contributed by atoms with van der Waals surface area (Å²) in [6.45, 7) is 3.72. The van der Waals surface area contributed by atoms with Crippen LogP contribution < -0.4 is 0 Å². The predicted octanol–water partition coefficient (Wildman–Crippen LogP) is 13.5. The molecule has 0 radical (unpaired) electrons. The van der Waals surface area contributed by atoms with Gasteiger partial charge < -0.3 is 9.13 Å². The number of fused-ring (bicyclic) bond motifs is 2. The smallest absolute Gasteiger partial charge is 0.0542 e. The molecule has 0 spiro atoms. The van der Waals surface area contributed by atoms with Crippen LogP contribution in [-0.4, -0.2) is 9.13 Å². The van der Waals surface area contributed by atoms with Crippen molar-refractivity contribution in [2.45, 2.75) is 12.8 Å². The van der Waals surface area contributed by atoms with E-state index in [2.05, 4.69) is 192 Å². The fourth-order valence-corrected chi connectivity index (χ4v) is 6.97. The van der Waals surface area contributed by atoms with E-state index in [0.717, 1.165) is 35.5 Å². The molecule has 0 saturated heterocycles. The van der Waals surface area contributed by atoms with Gasteiger partial charge in [-0.25, -0.2) is 0 Å². The zero-order chi connectivity index (χ0) is 35.1. The van der Waals surface area contributed by atoms with Crippen LogP contribution in [0.15, 0.2) is 206 Å². The summed E-state index contributed by atoms with van der Waals surface area (Å²) >= 11 is 0. The van der Waals surface area contributed by atoms with E-state index in [1.54, 1.807) is 6.08 Å². The first-order valence-electron chi connectivity index (χ1n) is 17.9. The highest BCUT2D eigenvalue weighted by Gasteiger charge is 2.18. The number of hydrogen-bond donors (Lipinski definition) is 0. The molecule has 0 N–H and O–H groups in total. The summed E-state index contributed by atoms with van der Waals surface area (Å²) in [5.74, 6) is 0. The van der Waals surface area contributed by atoms with Gasteiger partial charge in [0.1, 0.15) is 0 Å². The molecular weight excluding hydrogens is 629 g/mol. The molecule has 0 amide bonds. The van der Waals surface area contributed by atoms with E-state index in [9.17, 15) is 0 Å². The molecule has 2 heterocycles. The minimum atomic E-state index is 1.11. The van der Waals surface area contributed by atoms with Crippen LogP contribution in [0.4, 0.5) is 0 Å². The second-order valence-corrected chi connectivity index (χ2v) is 13.0. The number of benzene rings is 5. The van der Waals surface area contributed by atoms with Crippen molar-refractivity contribution >= 4 is 34.0 Å². The minimum absolute atomic E-state index is 1.11. The molecule has 0 saturated carbocycles. The van der Waals surface area contributed by atoms with Crippen molar-refractivity contribution in [2.75, 3.05) is 0 Å². The van der Waals surface area contributed by atoms with E-state index in [0.29, 0.717) is 0 Å². The summed E-state index contributed by atoms with van der Waals surface area (Å²) in [5.41, 5.74) is 12.9. The lowest BCUT2D eigenvalue weighted by Gasteiger charge is -2.13. The first-order valence-corrected chi connectivity index (χ1v) is 17.9. The molecule has 0 atom stereocenters. The number of allylic oxidation sites excluding steroid dienone is 11. The topological polar surface area (TPSA) is 9.86 Å². The molecule has 52 heavy (non-hydrogen) atoms. The quantitative estimate of drug-likeness (QED) is 0.128.